The van der Waals surface area contributed by atoms with Crippen LogP contribution in [0.2, 0.25) is 0 Å². The zero-order chi connectivity index (χ0) is 14.6. The summed E-state index contributed by atoms with van der Waals surface area (Å²) in [6.07, 6.45) is 5.15. The summed E-state index contributed by atoms with van der Waals surface area (Å²) < 4.78 is 5.34. The zero-order valence-corrected chi connectivity index (χ0v) is 12.2. The van der Waals surface area contributed by atoms with E-state index in [0.717, 1.165) is 11.8 Å². The second-order valence-corrected chi connectivity index (χ2v) is 7.47. The smallest absolute Gasteiger partial charge is 0.305 e. The fourth-order valence-corrected chi connectivity index (χ4v) is 5.42. The first kappa shape index (κ1) is 13.6. The number of hydrogen-bond acceptors (Lipinski definition) is 3. The maximum Gasteiger partial charge on any atom is 0.305 e. The van der Waals surface area contributed by atoms with Gasteiger partial charge < -0.3 is 15.2 Å². The Labute approximate surface area is 124 Å². The van der Waals surface area contributed by atoms with Crippen LogP contribution in [0.25, 0.3) is 0 Å². The minimum absolute atomic E-state index is 0.0109. The van der Waals surface area contributed by atoms with Crippen LogP contribution in [-0.2, 0) is 14.3 Å². The minimum Gasteiger partial charge on any atom is -0.481 e. The molecule has 116 valence electrons. The zero-order valence-electron chi connectivity index (χ0n) is 12.2. The molecule has 0 aromatic rings. The van der Waals surface area contributed by atoms with Crippen LogP contribution in [0, 0.1) is 29.6 Å². The van der Waals surface area contributed by atoms with Crippen LogP contribution in [0.3, 0.4) is 0 Å². The van der Waals surface area contributed by atoms with Crippen LogP contribution >= 0.6 is 0 Å². The fraction of sp³-hybridized carbons (Fsp3) is 0.875. The Morgan fingerprint density at radius 1 is 1.14 bits per heavy atom. The lowest BCUT2D eigenvalue weighted by Gasteiger charge is -2.37. The van der Waals surface area contributed by atoms with E-state index in [1.807, 2.05) is 0 Å². The third kappa shape index (κ3) is 2.17. The van der Waals surface area contributed by atoms with Gasteiger partial charge in [0.05, 0.1) is 12.0 Å². The van der Waals surface area contributed by atoms with Crippen molar-refractivity contribution in [1.82, 2.24) is 5.32 Å². The molecule has 4 atom stereocenters. The van der Waals surface area contributed by atoms with Gasteiger partial charge in [-0.3, -0.25) is 9.59 Å². The standard InChI is InChI=1S/C16H23NO4/c18-11(19)8-16(3-5-21-6-4-16)17-15(20)14-12-9-1-2-10(7-9)13(12)14/h9-10,12-14H,1-8H2,(H,17,20)(H,18,19). The van der Waals surface area contributed by atoms with E-state index in [1.54, 1.807) is 0 Å². The minimum atomic E-state index is -0.840. The number of ether oxygens (including phenoxy) is 1. The molecule has 1 amide bonds. The van der Waals surface area contributed by atoms with Crippen LogP contribution in [0.1, 0.15) is 38.5 Å². The Hall–Kier alpha value is -1.10. The quantitative estimate of drug-likeness (QED) is 0.822. The number of hydrogen-bond donors (Lipinski definition) is 2. The number of carboxylic acids is 1. The molecule has 0 aromatic carbocycles. The first-order valence-electron chi connectivity index (χ1n) is 8.21. The van der Waals surface area contributed by atoms with E-state index < -0.39 is 11.5 Å². The summed E-state index contributed by atoms with van der Waals surface area (Å²) in [5, 5.41) is 12.3. The molecule has 3 aliphatic carbocycles. The average Bonchev–Trinajstić information content (AvgIpc) is 2.88. The molecule has 4 aliphatic rings. The lowest BCUT2D eigenvalue weighted by atomic mass is 9.86. The SMILES string of the molecule is O=C(O)CC1(NC(=O)C2C3C4CCC(C4)C23)CCOCC1. The second-order valence-electron chi connectivity index (χ2n) is 7.47. The van der Waals surface area contributed by atoms with Crippen molar-refractivity contribution < 1.29 is 19.4 Å². The molecule has 4 unspecified atom stereocenters. The Bertz CT molecular complexity index is 455. The Kier molecular flexibility index (Phi) is 3.03. The molecule has 1 saturated heterocycles. The van der Waals surface area contributed by atoms with Gasteiger partial charge in [-0.1, -0.05) is 0 Å². The predicted molar refractivity (Wildman–Crippen MR) is 74.5 cm³/mol. The Balaban J connectivity index is 1.44. The van der Waals surface area contributed by atoms with Crippen LogP contribution in [0.15, 0.2) is 0 Å². The Morgan fingerprint density at radius 3 is 2.33 bits per heavy atom. The van der Waals surface area contributed by atoms with Crippen molar-refractivity contribution in [2.24, 2.45) is 29.6 Å². The van der Waals surface area contributed by atoms with Gasteiger partial charge in [0, 0.05) is 19.1 Å². The third-order valence-corrected chi connectivity index (χ3v) is 6.37. The van der Waals surface area contributed by atoms with Crippen molar-refractivity contribution in [2.45, 2.75) is 44.1 Å². The van der Waals surface area contributed by atoms with Crippen molar-refractivity contribution in [3.63, 3.8) is 0 Å². The van der Waals surface area contributed by atoms with E-state index in [1.165, 1.54) is 19.3 Å². The van der Waals surface area contributed by atoms with Crippen molar-refractivity contribution in [3.05, 3.63) is 0 Å². The number of aliphatic carboxylic acids is 1. The highest BCUT2D eigenvalue weighted by atomic mass is 16.5. The van der Waals surface area contributed by atoms with Crippen LogP contribution in [-0.4, -0.2) is 35.7 Å². The van der Waals surface area contributed by atoms with Gasteiger partial charge >= 0.3 is 5.97 Å². The third-order valence-electron chi connectivity index (χ3n) is 6.37. The maximum atomic E-state index is 12.6. The van der Waals surface area contributed by atoms with Crippen molar-refractivity contribution in [2.75, 3.05) is 13.2 Å². The molecule has 3 saturated carbocycles. The molecule has 1 aliphatic heterocycles. The first-order valence-corrected chi connectivity index (χ1v) is 8.21. The Morgan fingerprint density at radius 2 is 1.76 bits per heavy atom. The highest BCUT2D eigenvalue weighted by Gasteiger charge is 2.67. The van der Waals surface area contributed by atoms with Gasteiger partial charge in [0.25, 0.3) is 0 Å². The molecule has 0 radical (unpaired) electrons. The first-order chi connectivity index (χ1) is 10.1. The second kappa shape index (κ2) is 4.70. The van der Waals surface area contributed by atoms with Crippen molar-refractivity contribution in [3.8, 4) is 0 Å². The molecule has 1 heterocycles. The molecule has 2 N–H and O–H groups in total. The molecule has 5 nitrogen and oxygen atoms in total. The molecular weight excluding hydrogens is 270 g/mol. The highest BCUT2D eigenvalue weighted by Crippen LogP contribution is 2.69. The monoisotopic (exact) mass is 293 g/mol. The number of rotatable bonds is 4. The van der Waals surface area contributed by atoms with Gasteiger partial charge in [-0.25, -0.2) is 0 Å². The van der Waals surface area contributed by atoms with E-state index in [2.05, 4.69) is 5.32 Å². The molecule has 0 spiro atoms. The van der Waals surface area contributed by atoms with Gasteiger partial charge in [0.2, 0.25) is 5.91 Å². The molecular formula is C16H23NO4. The summed E-state index contributed by atoms with van der Waals surface area (Å²) in [4.78, 5) is 23.8. The van der Waals surface area contributed by atoms with E-state index in [4.69, 9.17) is 9.84 Å². The molecule has 4 fully saturated rings. The van der Waals surface area contributed by atoms with Crippen LogP contribution in [0.5, 0.6) is 0 Å². The normalized spacial score (nSPS) is 42.4. The highest BCUT2D eigenvalue weighted by molar-refractivity contribution is 5.84. The number of amides is 1. The summed E-state index contributed by atoms with van der Waals surface area (Å²) in [6, 6.07) is 0. The van der Waals surface area contributed by atoms with Crippen LogP contribution < -0.4 is 5.32 Å². The summed E-state index contributed by atoms with van der Waals surface area (Å²) in [7, 11) is 0. The van der Waals surface area contributed by atoms with Gasteiger partial charge in [0.15, 0.2) is 0 Å². The summed E-state index contributed by atoms with van der Waals surface area (Å²) in [6.45, 7) is 1.08. The lowest BCUT2D eigenvalue weighted by Crippen LogP contribution is -2.54. The van der Waals surface area contributed by atoms with E-state index in [0.29, 0.717) is 37.9 Å². The largest absolute Gasteiger partial charge is 0.481 e. The van der Waals surface area contributed by atoms with Gasteiger partial charge in [-0.05, 0) is 55.8 Å². The molecule has 4 rings (SSSR count). The van der Waals surface area contributed by atoms with Crippen molar-refractivity contribution >= 4 is 11.9 Å². The maximum absolute atomic E-state index is 12.6. The summed E-state index contributed by atoms with van der Waals surface area (Å²) >= 11 is 0. The predicted octanol–water partition coefficient (Wildman–Crippen LogP) is 1.42. The number of carboxylic acid groups (broad SMARTS) is 1. The van der Waals surface area contributed by atoms with Crippen LogP contribution in [0.4, 0.5) is 0 Å². The van der Waals surface area contributed by atoms with E-state index >= 15 is 0 Å². The van der Waals surface area contributed by atoms with Gasteiger partial charge in [0.1, 0.15) is 0 Å². The number of nitrogens with one attached hydrogen (secondary N) is 1. The number of carbonyl (C=O) groups excluding carboxylic acids is 1. The van der Waals surface area contributed by atoms with E-state index in [-0.39, 0.29) is 18.2 Å². The van der Waals surface area contributed by atoms with Crippen molar-refractivity contribution in [1.29, 1.82) is 0 Å². The number of fused-ring (bicyclic) bond motifs is 5. The van der Waals surface area contributed by atoms with Gasteiger partial charge in [-0.15, -0.1) is 0 Å². The van der Waals surface area contributed by atoms with Gasteiger partial charge in [-0.2, -0.15) is 0 Å². The number of carbonyl (C=O) groups is 2. The molecule has 0 aromatic heterocycles. The fourth-order valence-electron chi connectivity index (χ4n) is 5.42. The molecule has 5 heteroatoms. The topological polar surface area (TPSA) is 75.6 Å². The molecule has 2 bridgehead atoms. The summed E-state index contributed by atoms with van der Waals surface area (Å²) in [5.74, 6) is 2.18. The average molecular weight is 293 g/mol. The summed E-state index contributed by atoms with van der Waals surface area (Å²) in [5.41, 5.74) is -0.586. The molecule has 21 heavy (non-hydrogen) atoms. The lowest BCUT2D eigenvalue weighted by molar-refractivity contribution is -0.140. The van der Waals surface area contributed by atoms with E-state index in [9.17, 15) is 9.59 Å².